The lowest BCUT2D eigenvalue weighted by Crippen LogP contribution is -2.27. The van der Waals surface area contributed by atoms with E-state index < -0.39 is 11.8 Å². The Morgan fingerprint density at radius 1 is 1.12 bits per heavy atom. The van der Waals surface area contributed by atoms with E-state index in [0.717, 1.165) is 22.4 Å². The van der Waals surface area contributed by atoms with Gasteiger partial charge in [0.25, 0.3) is 0 Å². The Kier molecular flexibility index (Phi) is 8.12. The maximum Gasteiger partial charge on any atom is 0.226 e. The van der Waals surface area contributed by atoms with Crippen molar-refractivity contribution < 1.29 is 9.53 Å². The second-order valence-corrected chi connectivity index (χ2v) is 5.34. The summed E-state index contributed by atoms with van der Waals surface area (Å²) in [6.07, 6.45) is 3.29. The Balaban J connectivity index is 0.00000169. The Bertz CT molecular complexity index is 823. The highest BCUT2D eigenvalue weighted by atomic mass is 35.5. The second kappa shape index (κ2) is 9.82. The van der Waals surface area contributed by atoms with Gasteiger partial charge in [-0.05, 0) is 17.2 Å². The number of carbonyl (C=O) groups is 1. The first-order valence-corrected chi connectivity index (χ1v) is 7.54. The molecule has 0 fully saturated rings. The summed E-state index contributed by atoms with van der Waals surface area (Å²) < 4.78 is 5.85. The van der Waals surface area contributed by atoms with Crippen molar-refractivity contribution in [3.63, 3.8) is 0 Å². The van der Waals surface area contributed by atoms with Crippen LogP contribution in [0.4, 0.5) is 0 Å². The van der Waals surface area contributed by atoms with Crippen LogP contribution in [0.1, 0.15) is 11.5 Å². The Morgan fingerprint density at radius 3 is 2.38 bits per heavy atom. The van der Waals surface area contributed by atoms with Gasteiger partial charge in [0.2, 0.25) is 5.91 Å². The fraction of sp³-hybridized carbons (Fsp3) is 0.111. The standard InChI is InChI=1S/C18H18N4O2.2ClH/c19-9-16(18(20)23)13-7-5-12(6-8-13)15-3-1-2-4-17(15)24-14-10-21-22-11-14;;/h1-8,10-11,16H,9,19H2,(H2,20,23)(H,21,22);2*1H. The van der Waals surface area contributed by atoms with Crippen LogP contribution >= 0.6 is 24.8 Å². The molecule has 0 aliphatic heterocycles. The molecule has 0 aliphatic rings. The van der Waals surface area contributed by atoms with Crippen molar-refractivity contribution in [3.8, 4) is 22.6 Å². The number of benzene rings is 2. The van der Waals surface area contributed by atoms with Crippen LogP contribution in [0.3, 0.4) is 0 Å². The molecule has 3 rings (SSSR count). The number of hydrogen-bond donors (Lipinski definition) is 3. The van der Waals surface area contributed by atoms with Gasteiger partial charge in [0.15, 0.2) is 5.75 Å². The molecule has 6 nitrogen and oxygen atoms in total. The molecule has 8 heteroatoms. The summed E-state index contributed by atoms with van der Waals surface area (Å²) in [7, 11) is 0. The number of ether oxygens (including phenoxy) is 1. The van der Waals surface area contributed by atoms with Crippen LogP contribution < -0.4 is 16.2 Å². The van der Waals surface area contributed by atoms with Gasteiger partial charge in [0, 0.05) is 12.1 Å². The molecule has 1 heterocycles. The van der Waals surface area contributed by atoms with Gasteiger partial charge in [-0.3, -0.25) is 9.89 Å². The highest BCUT2D eigenvalue weighted by Crippen LogP contribution is 2.33. The van der Waals surface area contributed by atoms with Crippen LogP contribution in [0.5, 0.6) is 11.5 Å². The van der Waals surface area contributed by atoms with Crippen molar-refractivity contribution in [3.05, 3.63) is 66.5 Å². The topological polar surface area (TPSA) is 107 Å². The van der Waals surface area contributed by atoms with Crippen LogP contribution in [0.2, 0.25) is 0 Å². The first-order valence-electron chi connectivity index (χ1n) is 7.54. The van der Waals surface area contributed by atoms with Crippen LogP contribution in [0, 0.1) is 0 Å². The Labute approximate surface area is 163 Å². The third-order valence-electron chi connectivity index (χ3n) is 3.79. The van der Waals surface area contributed by atoms with Crippen molar-refractivity contribution in [1.82, 2.24) is 10.2 Å². The minimum Gasteiger partial charge on any atom is -0.453 e. The lowest BCUT2D eigenvalue weighted by atomic mass is 9.95. The average Bonchev–Trinajstić information content (AvgIpc) is 3.09. The molecule has 2 aromatic carbocycles. The predicted molar refractivity (Wildman–Crippen MR) is 106 cm³/mol. The highest BCUT2D eigenvalue weighted by molar-refractivity contribution is 5.85. The molecule has 1 amide bonds. The molecule has 1 aromatic heterocycles. The average molecular weight is 395 g/mol. The molecule has 0 saturated carbocycles. The van der Waals surface area contributed by atoms with Crippen molar-refractivity contribution >= 4 is 30.7 Å². The van der Waals surface area contributed by atoms with Gasteiger partial charge in [0.05, 0.1) is 18.3 Å². The first kappa shape index (κ1) is 21.5. The van der Waals surface area contributed by atoms with Crippen molar-refractivity contribution in [2.24, 2.45) is 11.5 Å². The molecule has 26 heavy (non-hydrogen) atoms. The SMILES string of the molecule is Cl.Cl.NCC(C(N)=O)c1ccc(-c2ccccc2Oc2cn[nH]c2)cc1. The van der Waals surface area contributed by atoms with Crippen LogP contribution in [0.15, 0.2) is 60.9 Å². The van der Waals surface area contributed by atoms with E-state index in [2.05, 4.69) is 10.2 Å². The van der Waals surface area contributed by atoms with Crippen LogP contribution in [-0.4, -0.2) is 22.6 Å². The number of aromatic nitrogens is 2. The molecular formula is C18H20Cl2N4O2. The summed E-state index contributed by atoms with van der Waals surface area (Å²) in [4.78, 5) is 11.4. The Morgan fingerprint density at radius 2 is 1.81 bits per heavy atom. The van der Waals surface area contributed by atoms with E-state index in [1.54, 1.807) is 12.4 Å². The summed E-state index contributed by atoms with van der Waals surface area (Å²) in [5.74, 6) is 0.457. The van der Waals surface area contributed by atoms with Gasteiger partial charge in [-0.1, -0.05) is 42.5 Å². The van der Waals surface area contributed by atoms with E-state index in [1.807, 2.05) is 48.5 Å². The fourth-order valence-corrected chi connectivity index (χ4v) is 2.53. The number of para-hydroxylation sites is 1. The molecule has 0 radical (unpaired) electrons. The molecule has 1 atom stereocenters. The first-order chi connectivity index (χ1) is 11.7. The van der Waals surface area contributed by atoms with Gasteiger partial charge in [-0.15, -0.1) is 24.8 Å². The number of hydrogen-bond acceptors (Lipinski definition) is 4. The van der Waals surface area contributed by atoms with E-state index in [1.165, 1.54) is 0 Å². The lowest BCUT2D eigenvalue weighted by Gasteiger charge is -2.13. The number of nitrogens with zero attached hydrogens (tertiary/aromatic N) is 1. The summed E-state index contributed by atoms with van der Waals surface area (Å²) >= 11 is 0. The van der Waals surface area contributed by atoms with Gasteiger partial charge < -0.3 is 16.2 Å². The number of aromatic amines is 1. The Hall–Kier alpha value is -2.54. The van der Waals surface area contributed by atoms with Gasteiger partial charge in [0.1, 0.15) is 5.75 Å². The van der Waals surface area contributed by atoms with E-state index in [4.69, 9.17) is 16.2 Å². The summed E-state index contributed by atoms with van der Waals surface area (Å²) in [5, 5.41) is 6.59. The number of primary amides is 1. The van der Waals surface area contributed by atoms with E-state index >= 15 is 0 Å². The molecular weight excluding hydrogens is 375 g/mol. The number of nitrogens with one attached hydrogen (secondary N) is 1. The highest BCUT2D eigenvalue weighted by Gasteiger charge is 2.16. The van der Waals surface area contributed by atoms with Crippen LogP contribution in [-0.2, 0) is 4.79 Å². The van der Waals surface area contributed by atoms with Crippen molar-refractivity contribution in [1.29, 1.82) is 0 Å². The smallest absolute Gasteiger partial charge is 0.226 e. The molecule has 0 saturated heterocycles. The summed E-state index contributed by atoms with van der Waals surface area (Å²) in [5.41, 5.74) is 13.7. The number of nitrogens with two attached hydrogens (primary N) is 2. The number of halogens is 2. The second-order valence-electron chi connectivity index (χ2n) is 5.34. The zero-order valence-corrected chi connectivity index (χ0v) is 15.4. The normalized spacial score (nSPS) is 11.0. The zero-order chi connectivity index (χ0) is 16.9. The number of rotatable bonds is 6. The van der Waals surface area contributed by atoms with Crippen LogP contribution in [0.25, 0.3) is 11.1 Å². The number of H-pyrrole nitrogens is 1. The number of carbonyl (C=O) groups excluding carboxylic acids is 1. The fourth-order valence-electron chi connectivity index (χ4n) is 2.53. The molecule has 0 bridgehead atoms. The van der Waals surface area contributed by atoms with Gasteiger partial charge in [-0.2, -0.15) is 5.10 Å². The molecule has 0 aliphatic carbocycles. The monoisotopic (exact) mass is 394 g/mol. The minimum absolute atomic E-state index is 0. The third kappa shape index (κ3) is 4.76. The number of amides is 1. The molecule has 3 aromatic rings. The summed E-state index contributed by atoms with van der Waals surface area (Å²) in [6.45, 7) is 0.189. The molecule has 1 unspecified atom stereocenters. The maximum atomic E-state index is 11.4. The van der Waals surface area contributed by atoms with E-state index in [0.29, 0.717) is 5.75 Å². The molecule has 0 spiro atoms. The molecule has 5 N–H and O–H groups in total. The zero-order valence-electron chi connectivity index (χ0n) is 13.8. The minimum atomic E-state index is -0.475. The summed E-state index contributed by atoms with van der Waals surface area (Å²) in [6, 6.07) is 15.3. The van der Waals surface area contributed by atoms with Crippen molar-refractivity contribution in [2.45, 2.75) is 5.92 Å². The predicted octanol–water partition coefficient (Wildman–Crippen LogP) is 3.24. The maximum absolute atomic E-state index is 11.4. The third-order valence-corrected chi connectivity index (χ3v) is 3.79. The van der Waals surface area contributed by atoms with Gasteiger partial charge >= 0.3 is 0 Å². The van der Waals surface area contributed by atoms with Gasteiger partial charge in [-0.25, -0.2) is 0 Å². The largest absolute Gasteiger partial charge is 0.453 e. The lowest BCUT2D eigenvalue weighted by molar-refractivity contribution is -0.119. The molecule has 138 valence electrons. The quantitative estimate of drug-likeness (QED) is 0.596. The van der Waals surface area contributed by atoms with Crippen molar-refractivity contribution in [2.75, 3.05) is 6.54 Å². The van der Waals surface area contributed by atoms with E-state index in [-0.39, 0.29) is 31.4 Å². The van der Waals surface area contributed by atoms with E-state index in [9.17, 15) is 4.79 Å².